The third kappa shape index (κ3) is 4.21. The molecule has 19 heavy (non-hydrogen) atoms. The maximum atomic E-state index is 12.3. The van der Waals surface area contributed by atoms with Crippen LogP contribution in [0.15, 0.2) is 24.3 Å². The summed E-state index contributed by atoms with van der Waals surface area (Å²) < 4.78 is 0. The Balaban J connectivity index is 2.79. The van der Waals surface area contributed by atoms with E-state index in [-0.39, 0.29) is 11.9 Å². The molecule has 1 aromatic rings. The molecule has 0 saturated carbocycles. The van der Waals surface area contributed by atoms with Crippen molar-refractivity contribution in [1.29, 1.82) is 0 Å². The second-order valence-corrected chi connectivity index (χ2v) is 5.40. The van der Waals surface area contributed by atoms with Gasteiger partial charge in [0.1, 0.15) is 0 Å². The normalized spacial score (nSPS) is 11.8. The van der Waals surface area contributed by atoms with Crippen molar-refractivity contribution in [2.75, 3.05) is 26.0 Å². The van der Waals surface area contributed by atoms with Crippen LogP contribution in [0.4, 0.5) is 5.69 Å². The topological polar surface area (TPSA) is 49.6 Å². The fourth-order valence-corrected chi connectivity index (χ4v) is 1.98. The van der Waals surface area contributed by atoms with Gasteiger partial charge >= 0.3 is 0 Å². The number of amides is 1. The molecule has 0 heterocycles. The van der Waals surface area contributed by atoms with E-state index in [2.05, 4.69) is 0 Å². The summed E-state index contributed by atoms with van der Waals surface area (Å²) in [7, 11) is 5.70. The minimum Gasteiger partial charge on any atom is -0.393 e. The molecule has 1 rings (SSSR count). The molecule has 5 heteroatoms. The van der Waals surface area contributed by atoms with Crippen LogP contribution < -0.4 is 10.6 Å². The average molecular weight is 279 g/mol. The number of benzene rings is 1. The number of anilines is 1. The predicted molar refractivity (Wildman–Crippen MR) is 83.7 cm³/mol. The maximum Gasteiger partial charge on any atom is 0.253 e. The minimum absolute atomic E-state index is 0.00137. The van der Waals surface area contributed by atoms with E-state index in [9.17, 15) is 4.79 Å². The van der Waals surface area contributed by atoms with Crippen LogP contribution in [-0.4, -0.2) is 43.0 Å². The van der Waals surface area contributed by atoms with Crippen molar-refractivity contribution in [3.8, 4) is 0 Å². The summed E-state index contributed by atoms with van der Waals surface area (Å²) in [5.74, 6) is -0.0194. The first kappa shape index (κ1) is 15.4. The number of nitrogens with two attached hydrogens (primary N) is 1. The summed E-state index contributed by atoms with van der Waals surface area (Å²) in [6, 6.07) is 7.53. The molecule has 0 aliphatic rings. The zero-order valence-electron chi connectivity index (χ0n) is 11.9. The Morgan fingerprint density at radius 1 is 1.26 bits per heavy atom. The quantitative estimate of drug-likeness (QED) is 0.836. The molecule has 1 atom stereocenters. The van der Waals surface area contributed by atoms with Crippen LogP contribution in [0.2, 0.25) is 0 Å². The van der Waals surface area contributed by atoms with Gasteiger partial charge in [0.15, 0.2) is 0 Å². The molecular weight excluding hydrogens is 258 g/mol. The molecule has 2 N–H and O–H groups in total. The lowest BCUT2D eigenvalue weighted by Gasteiger charge is -2.25. The fraction of sp³-hybridized carbons (Fsp3) is 0.429. The molecule has 1 amide bonds. The van der Waals surface area contributed by atoms with Crippen molar-refractivity contribution in [1.82, 2.24) is 4.90 Å². The monoisotopic (exact) mass is 279 g/mol. The second-order valence-electron chi connectivity index (χ2n) is 4.88. The number of nitrogens with zero attached hydrogens (tertiary/aromatic N) is 2. The number of thiocarbonyl (C=S) groups is 1. The van der Waals surface area contributed by atoms with Gasteiger partial charge in [-0.05, 0) is 31.2 Å². The van der Waals surface area contributed by atoms with Crippen LogP contribution in [0.1, 0.15) is 23.7 Å². The van der Waals surface area contributed by atoms with Gasteiger partial charge in [0.25, 0.3) is 5.91 Å². The predicted octanol–water partition coefficient (Wildman–Crippen LogP) is 1.89. The number of carbonyl (C=O) groups is 1. The number of rotatable bonds is 5. The van der Waals surface area contributed by atoms with Gasteiger partial charge in [-0.1, -0.05) is 12.2 Å². The van der Waals surface area contributed by atoms with Crippen molar-refractivity contribution in [2.45, 2.75) is 19.4 Å². The Morgan fingerprint density at radius 2 is 1.79 bits per heavy atom. The van der Waals surface area contributed by atoms with E-state index in [1.165, 1.54) is 0 Å². The standard InChI is InChI=1S/C14H21N3OS/c1-10(9-13(15)19)17(4)14(18)11-5-7-12(8-6-11)16(2)3/h5-8,10H,9H2,1-4H3,(H2,15,19). The van der Waals surface area contributed by atoms with E-state index in [0.29, 0.717) is 17.0 Å². The lowest BCUT2D eigenvalue weighted by molar-refractivity contribution is 0.0748. The molecule has 0 spiro atoms. The highest BCUT2D eigenvalue weighted by Crippen LogP contribution is 2.14. The third-order valence-electron chi connectivity index (χ3n) is 3.11. The molecule has 0 bridgehead atoms. The second kappa shape index (κ2) is 6.52. The summed E-state index contributed by atoms with van der Waals surface area (Å²) in [6.45, 7) is 1.94. The SMILES string of the molecule is CC(CC(N)=S)N(C)C(=O)c1ccc(N(C)C)cc1. The highest BCUT2D eigenvalue weighted by atomic mass is 32.1. The molecule has 1 unspecified atom stereocenters. The Morgan fingerprint density at radius 3 is 2.21 bits per heavy atom. The lowest BCUT2D eigenvalue weighted by atomic mass is 10.1. The summed E-state index contributed by atoms with van der Waals surface area (Å²) in [5.41, 5.74) is 7.25. The van der Waals surface area contributed by atoms with Crippen molar-refractivity contribution in [2.24, 2.45) is 5.73 Å². The molecule has 104 valence electrons. The largest absolute Gasteiger partial charge is 0.393 e. The van der Waals surface area contributed by atoms with E-state index in [0.717, 1.165) is 5.69 Å². The van der Waals surface area contributed by atoms with Crippen LogP contribution in [0, 0.1) is 0 Å². The van der Waals surface area contributed by atoms with E-state index < -0.39 is 0 Å². The van der Waals surface area contributed by atoms with Gasteiger partial charge in [-0.25, -0.2) is 0 Å². The van der Waals surface area contributed by atoms with E-state index in [1.807, 2.05) is 50.2 Å². The first-order valence-electron chi connectivity index (χ1n) is 6.15. The molecule has 1 aromatic carbocycles. The fourth-order valence-electron chi connectivity index (χ4n) is 1.73. The maximum absolute atomic E-state index is 12.3. The Labute approximate surface area is 120 Å². The Bertz CT molecular complexity index is 456. The van der Waals surface area contributed by atoms with Crippen LogP contribution >= 0.6 is 12.2 Å². The third-order valence-corrected chi connectivity index (χ3v) is 3.28. The smallest absolute Gasteiger partial charge is 0.253 e. The Kier molecular flexibility index (Phi) is 5.30. The molecule has 0 radical (unpaired) electrons. The molecule has 0 aliphatic carbocycles. The van der Waals surface area contributed by atoms with Crippen molar-refractivity contribution in [3.63, 3.8) is 0 Å². The highest BCUT2D eigenvalue weighted by molar-refractivity contribution is 7.80. The van der Waals surface area contributed by atoms with Gasteiger partial charge in [-0.3, -0.25) is 4.79 Å². The van der Waals surface area contributed by atoms with Crippen molar-refractivity contribution < 1.29 is 4.79 Å². The van der Waals surface area contributed by atoms with Gasteiger partial charge in [0, 0.05) is 44.9 Å². The highest BCUT2D eigenvalue weighted by Gasteiger charge is 2.17. The van der Waals surface area contributed by atoms with E-state index in [4.69, 9.17) is 18.0 Å². The van der Waals surface area contributed by atoms with Crippen LogP contribution in [0.25, 0.3) is 0 Å². The molecular formula is C14H21N3OS. The van der Waals surface area contributed by atoms with E-state index >= 15 is 0 Å². The Hall–Kier alpha value is -1.62. The first-order chi connectivity index (χ1) is 8.82. The van der Waals surface area contributed by atoms with Gasteiger partial charge in [-0.15, -0.1) is 0 Å². The van der Waals surface area contributed by atoms with Gasteiger partial charge in [0.05, 0.1) is 4.99 Å². The van der Waals surface area contributed by atoms with E-state index in [1.54, 1.807) is 11.9 Å². The van der Waals surface area contributed by atoms with Gasteiger partial charge in [-0.2, -0.15) is 0 Å². The molecule has 0 fully saturated rings. The summed E-state index contributed by atoms with van der Waals surface area (Å²) in [5, 5.41) is 0. The van der Waals surface area contributed by atoms with Crippen LogP contribution in [0.5, 0.6) is 0 Å². The zero-order valence-corrected chi connectivity index (χ0v) is 12.7. The summed E-state index contributed by atoms with van der Waals surface area (Å²) in [6.07, 6.45) is 0.535. The van der Waals surface area contributed by atoms with Crippen molar-refractivity contribution in [3.05, 3.63) is 29.8 Å². The lowest BCUT2D eigenvalue weighted by Crippen LogP contribution is -2.37. The number of hydrogen-bond donors (Lipinski definition) is 1. The average Bonchev–Trinajstić information content (AvgIpc) is 2.36. The molecule has 0 aliphatic heterocycles. The first-order valence-corrected chi connectivity index (χ1v) is 6.56. The molecule has 0 saturated heterocycles. The molecule has 4 nitrogen and oxygen atoms in total. The summed E-state index contributed by atoms with van der Waals surface area (Å²) in [4.78, 5) is 16.4. The van der Waals surface area contributed by atoms with Crippen molar-refractivity contribution >= 4 is 28.8 Å². The van der Waals surface area contributed by atoms with Crippen LogP contribution in [0.3, 0.4) is 0 Å². The minimum atomic E-state index is -0.0194. The molecule has 0 aromatic heterocycles. The van der Waals surface area contributed by atoms with Gasteiger partial charge in [0.2, 0.25) is 0 Å². The van der Waals surface area contributed by atoms with Crippen LogP contribution in [-0.2, 0) is 0 Å². The van der Waals surface area contributed by atoms with Gasteiger partial charge < -0.3 is 15.5 Å². The number of hydrogen-bond acceptors (Lipinski definition) is 3. The summed E-state index contributed by atoms with van der Waals surface area (Å²) >= 11 is 4.87. The number of carbonyl (C=O) groups excluding carboxylic acids is 1. The zero-order chi connectivity index (χ0) is 14.6.